The van der Waals surface area contributed by atoms with Crippen LogP contribution in [-0.4, -0.2) is 29.4 Å². The van der Waals surface area contributed by atoms with Gasteiger partial charge in [0.1, 0.15) is 17.3 Å². The Hall–Kier alpha value is -3.54. The lowest BCUT2D eigenvalue weighted by Gasteiger charge is -2.12. The van der Waals surface area contributed by atoms with Gasteiger partial charge >= 0.3 is 0 Å². The molecule has 4 aromatic rings. The zero-order valence-electron chi connectivity index (χ0n) is 15.4. The third-order valence-electron chi connectivity index (χ3n) is 4.35. The topological polar surface area (TPSA) is 72.1 Å². The number of ether oxygens (including phenoxy) is 2. The average Bonchev–Trinajstić information content (AvgIpc) is 3.11. The van der Waals surface area contributed by atoms with Crippen molar-refractivity contribution < 1.29 is 9.47 Å². The molecule has 0 aliphatic carbocycles. The minimum Gasteiger partial charge on any atom is -0.497 e. The van der Waals surface area contributed by atoms with Crippen LogP contribution < -0.4 is 14.8 Å². The van der Waals surface area contributed by atoms with Gasteiger partial charge in [0.05, 0.1) is 19.9 Å². The van der Waals surface area contributed by atoms with E-state index in [1.165, 1.54) is 0 Å². The molecule has 2 aromatic heterocycles. The van der Waals surface area contributed by atoms with Crippen molar-refractivity contribution in [3.05, 3.63) is 60.3 Å². The standard InChI is InChI=1S/C21H20N4O2/c1-13-9-20(25-24-13)22-19-11-14-7-8-17(27-3)12-18(14)21(23-19)15-5-4-6-16(10-15)26-2/h4-12H,1-3H3,(H2,22,23,24,25). The molecule has 0 bridgehead atoms. The fourth-order valence-electron chi connectivity index (χ4n) is 3.02. The molecule has 0 aliphatic rings. The molecular formula is C21H20N4O2. The molecule has 4 rings (SSSR count). The Morgan fingerprint density at radius 2 is 1.70 bits per heavy atom. The molecule has 0 radical (unpaired) electrons. The van der Waals surface area contributed by atoms with Crippen LogP contribution in [0, 0.1) is 6.92 Å². The Bertz CT molecular complexity index is 1100. The SMILES string of the molecule is COc1cccc(-c2nc(Nc3cc(C)[nH]n3)cc3ccc(OC)cc23)c1. The summed E-state index contributed by atoms with van der Waals surface area (Å²) in [6, 6.07) is 17.8. The Balaban J connectivity index is 1.89. The van der Waals surface area contributed by atoms with Gasteiger partial charge in [-0.1, -0.05) is 18.2 Å². The lowest BCUT2D eigenvalue weighted by Crippen LogP contribution is -1.97. The summed E-state index contributed by atoms with van der Waals surface area (Å²) in [5, 5.41) is 12.5. The summed E-state index contributed by atoms with van der Waals surface area (Å²) in [5.74, 6) is 3.02. The van der Waals surface area contributed by atoms with E-state index in [2.05, 4.69) is 15.5 Å². The van der Waals surface area contributed by atoms with E-state index in [9.17, 15) is 0 Å². The number of anilines is 2. The van der Waals surface area contributed by atoms with Crippen molar-refractivity contribution in [2.75, 3.05) is 19.5 Å². The molecule has 27 heavy (non-hydrogen) atoms. The van der Waals surface area contributed by atoms with Crippen molar-refractivity contribution >= 4 is 22.4 Å². The summed E-state index contributed by atoms with van der Waals surface area (Å²) in [6.07, 6.45) is 0. The quantitative estimate of drug-likeness (QED) is 0.540. The van der Waals surface area contributed by atoms with E-state index in [0.717, 1.165) is 50.9 Å². The Labute approximate surface area is 157 Å². The maximum atomic E-state index is 5.40. The monoisotopic (exact) mass is 360 g/mol. The van der Waals surface area contributed by atoms with Crippen molar-refractivity contribution in [1.29, 1.82) is 0 Å². The van der Waals surface area contributed by atoms with E-state index < -0.39 is 0 Å². The summed E-state index contributed by atoms with van der Waals surface area (Å²) in [6.45, 7) is 1.96. The van der Waals surface area contributed by atoms with Crippen LogP contribution in [0.5, 0.6) is 11.5 Å². The summed E-state index contributed by atoms with van der Waals surface area (Å²) >= 11 is 0. The van der Waals surface area contributed by atoms with Crippen molar-refractivity contribution in [1.82, 2.24) is 15.2 Å². The molecule has 2 N–H and O–H groups in total. The number of hydrogen-bond acceptors (Lipinski definition) is 5. The number of methoxy groups -OCH3 is 2. The second-order valence-electron chi connectivity index (χ2n) is 6.24. The molecule has 0 amide bonds. The molecular weight excluding hydrogens is 340 g/mol. The third kappa shape index (κ3) is 3.42. The highest BCUT2D eigenvalue weighted by molar-refractivity contribution is 5.97. The van der Waals surface area contributed by atoms with Gasteiger partial charge in [0, 0.05) is 22.7 Å². The van der Waals surface area contributed by atoms with Gasteiger partial charge in [-0.05, 0) is 42.6 Å². The fraction of sp³-hybridized carbons (Fsp3) is 0.143. The predicted molar refractivity (Wildman–Crippen MR) is 107 cm³/mol. The van der Waals surface area contributed by atoms with Crippen molar-refractivity contribution in [2.24, 2.45) is 0 Å². The van der Waals surface area contributed by atoms with E-state index in [1.54, 1.807) is 14.2 Å². The summed E-state index contributed by atoms with van der Waals surface area (Å²) in [4.78, 5) is 4.85. The van der Waals surface area contributed by atoms with E-state index in [1.807, 2.05) is 61.5 Å². The minimum absolute atomic E-state index is 0.719. The number of benzene rings is 2. The smallest absolute Gasteiger partial charge is 0.153 e. The second kappa shape index (κ2) is 6.99. The molecule has 6 heteroatoms. The summed E-state index contributed by atoms with van der Waals surface area (Å²) in [5.41, 5.74) is 2.80. The van der Waals surface area contributed by atoms with Gasteiger partial charge in [0.2, 0.25) is 0 Å². The van der Waals surface area contributed by atoms with Crippen LogP contribution in [0.15, 0.2) is 54.6 Å². The van der Waals surface area contributed by atoms with Crippen LogP contribution in [-0.2, 0) is 0 Å². The van der Waals surface area contributed by atoms with E-state index in [-0.39, 0.29) is 0 Å². The number of pyridine rings is 1. The number of aromatic nitrogens is 3. The van der Waals surface area contributed by atoms with Crippen LogP contribution in [0.25, 0.3) is 22.0 Å². The normalized spacial score (nSPS) is 10.8. The Kier molecular flexibility index (Phi) is 4.38. The Morgan fingerprint density at radius 3 is 2.44 bits per heavy atom. The largest absolute Gasteiger partial charge is 0.497 e. The predicted octanol–water partition coefficient (Wildman–Crippen LogP) is 4.69. The number of hydrogen-bond donors (Lipinski definition) is 2. The molecule has 2 heterocycles. The van der Waals surface area contributed by atoms with Gasteiger partial charge in [-0.3, -0.25) is 5.10 Å². The zero-order valence-corrected chi connectivity index (χ0v) is 15.4. The highest BCUT2D eigenvalue weighted by Crippen LogP contribution is 2.33. The molecule has 0 unspecified atom stereocenters. The third-order valence-corrected chi connectivity index (χ3v) is 4.35. The summed E-state index contributed by atoms with van der Waals surface area (Å²) in [7, 11) is 3.32. The first kappa shape index (κ1) is 16.9. The number of nitrogens with one attached hydrogen (secondary N) is 2. The molecule has 2 aromatic carbocycles. The van der Waals surface area contributed by atoms with E-state index in [4.69, 9.17) is 14.5 Å². The Morgan fingerprint density at radius 1 is 0.889 bits per heavy atom. The zero-order chi connectivity index (χ0) is 18.8. The van der Waals surface area contributed by atoms with Gasteiger partial charge in [0.15, 0.2) is 5.82 Å². The molecule has 0 atom stereocenters. The number of aromatic amines is 1. The van der Waals surface area contributed by atoms with Crippen LogP contribution >= 0.6 is 0 Å². The molecule has 0 saturated heterocycles. The maximum absolute atomic E-state index is 5.40. The molecule has 0 fully saturated rings. The van der Waals surface area contributed by atoms with E-state index >= 15 is 0 Å². The number of aryl methyl sites for hydroxylation is 1. The van der Waals surface area contributed by atoms with Crippen molar-refractivity contribution in [3.63, 3.8) is 0 Å². The fourth-order valence-corrected chi connectivity index (χ4v) is 3.02. The van der Waals surface area contributed by atoms with Crippen LogP contribution in [0.4, 0.5) is 11.6 Å². The maximum Gasteiger partial charge on any atom is 0.153 e. The first-order valence-corrected chi connectivity index (χ1v) is 8.58. The highest BCUT2D eigenvalue weighted by Gasteiger charge is 2.11. The summed E-state index contributed by atoms with van der Waals surface area (Å²) < 4.78 is 10.8. The van der Waals surface area contributed by atoms with Gasteiger partial charge in [-0.25, -0.2) is 4.98 Å². The van der Waals surface area contributed by atoms with Crippen molar-refractivity contribution in [3.8, 4) is 22.8 Å². The van der Waals surface area contributed by atoms with E-state index in [0.29, 0.717) is 0 Å². The number of nitrogens with zero attached hydrogens (tertiary/aromatic N) is 2. The lowest BCUT2D eigenvalue weighted by molar-refractivity contribution is 0.415. The van der Waals surface area contributed by atoms with Crippen LogP contribution in [0.2, 0.25) is 0 Å². The number of fused-ring (bicyclic) bond motifs is 1. The van der Waals surface area contributed by atoms with Crippen LogP contribution in [0.3, 0.4) is 0 Å². The number of H-pyrrole nitrogens is 1. The lowest BCUT2D eigenvalue weighted by atomic mass is 10.0. The van der Waals surface area contributed by atoms with Gasteiger partial charge < -0.3 is 14.8 Å². The van der Waals surface area contributed by atoms with Gasteiger partial charge in [0.25, 0.3) is 0 Å². The molecule has 136 valence electrons. The van der Waals surface area contributed by atoms with Gasteiger partial charge in [-0.2, -0.15) is 5.10 Å². The minimum atomic E-state index is 0.719. The molecule has 0 aliphatic heterocycles. The second-order valence-corrected chi connectivity index (χ2v) is 6.24. The van der Waals surface area contributed by atoms with Gasteiger partial charge in [-0.15, -0.1) is 0 Å². The molecule has 6 nitrogen and oxygen atoms in total. The first-order valence-electron chi connectivity index (χ1n) is 8.58. The molecule has 0 saturated carbocycles. The van der Waals surface area contributed by atoms with Crippen molar-refractivity contribution in [2.45, 2.75) is 6.92 Å². The number of rotatable bonds is 5. The average molecular weight is 360 g/mol. The van der Waals surface area contributed by atoms with Crippen LogP contribution in [0.1, 0.15) is 5.69 Å². The molecule has 0 spiro atoms. The highest BCUT2D eigenvalue weighted by atomic mass is 16.5. The first-order chi connectivity index (χ1) is 13.2.